The van der Waals surface area contributed by atoms with Crippen LogP contribution in [-0.4, -0.2) is 16.8 Å². The maximum Gasteiger partial charge on any atom is 0.226 e. The zero-order chi connectivity index (χ0) is 13.6. The molecule has 0 aliphatic heterocycles. The van der Waals surface area contributed by atoms with Gasteiger partial charge in [0.2, 0.25) is 11.7 Å². The summed E-state index contributed by atoms with van der Waals surface area (Å²) < 4.78 is 2.57. The zero-order valence-electron chi connectivity index (χ0n) is 11.1. The van der Waals surface area contributed by atoms with E-state index in [0.29, 0.717) is 11.0 Å². The highest BCUT2D eigenvalue weighted by atomic mass is 16.6. The number of aromatic nitrogens is 3. The summed E-state index contributed by atoms with van der Waals surface area (Å²) in [5.74, 6) is 1.03. The van der Waals surface area contributed by atoms with E-state index in [4.69, 9.17) is 4.84 Å². The molecular formula is C14H15N3O2. The summed E-state index contributed by atoms with van der Waals surface area (Å²) in [7, 11) is 1.61. The maximum atomic E-state index is 12.0. The van der Waals surface area contributed by atoms with Gasteiger partial charge in [-0.05, 0) is 6.07 Å². The van der Waals surface area contributed by atoms with Crippen LogP contribution in [0.1, 0.15) is 25.6 Å². The molecule has 0 N–H and O–H groups in total. The van der Waals surface area contributed by atoms with Crippen molar-refractivity contribution in [1.29, 1.82) is 0 Å². The molecule has 5 nitrogen and oxygen atoms in total. The Balaban J connectivity index is 2.53. The molecule has 0 amide bonds. The van der Waals surface area contributed by atoms with Gasteiger partial charge in [-0.25, -0.2) is 4.98 Å². The summed E-state index contributed by atoms with van der Waals surface area (Å²) in [6.45, 7) is 4.09. The Morgan fingerprint density at radius 1 is 1.32 bits per heavy atom. The van der Waals surface area contributed by atoms with Crippen molar-refractivity contribution in [3.63, 3.8) is 0 Å². The summed E-state index contributed by atoms with van der Waals surface area (Å²) in [6, 6.07) is 7.46. The van der Waals surface area contributed by atoms with E-state index in [1.807, 2.05) is 32.0 Å². The highest BCUT2D eigenvalue weighted by Crippen LogP contribution is 2.25. The fraction of sp³-hybridized carbons (Fsp3) is 0.286. The number of rotatable bonds is 2. The van der Waals surface area contributed by atoms with Gasteiger partial charge in [0.05, 0.1) is 5.39 Å². The molecule has 0 atom stereocenters. The predicted molar refractivity (Wildman–Crippen MR) is 72.8 cm³/mol. The Hall–Kier alpha value is -2.30. The highest BCUT2D eigenvalue weighted by Gasteiger charge is 2.20. The number of pyridine rings is 1. The number of nitrogens with zero attached hydrogens (tertiary/aromatic N) is 3. The van der Waals surface area contributed by atoms with Crippen LogP contribution in [0.15, 0.2) is 30.5 Å². The molecule has 2 heterocycles. The van der Waals surface area contributed by atoms with Gasteiger partial charge in [0, 0.05) is 12.0 Å². The molecule has 5 heteroatoms. The van der Waals surface area contributed by atoms with E-state index >= 15 is 0 Å². The molecule has 0 aliphatic carbocycles. The lowest BCUT2D eigenvalue weighted by Crippen LogP contribution is -2.26. The highest BCUT2D eigenvalue weighted by molar-refractivity contribution is 6.00. The van der Waals surface area contributed by atoms with Crippen molar-refractivity contribution in [2.45, 2.75) is 19.8 Å². The molecule has 0 saturated heterocycles. The first-order valence-corrected chi connectivity index (χ1v) is 6.21. The Morgan fingerprint density at radius 3 is 2.74 bits per heavy atom. The standard InChI is InChI=1S/C14H15N3O2/c1-9(2)14-15-11-8-16(18)12-7-5-4-6-10(12)13(11)17(14)19-3/h4-9H,1-3H3. The van der Waals surface area contributed by atoms with Crippen molar-refractivity contribution in [1.82, 2.24) is 9.71 Å². The van der Waals surface area contributed by atoms with Crippen LogP contribution in [-0.2, 0) is 0 Å². The van der Waals surface area contributed by atoms with E-state index in [1.54, 1.807) is 17.9 Å². The summed E-state index contributed by atoms with van der Waals surface area (Å²) in [5, 5.41) is 12.8. The quantitative estimate of drug-likeness (QED) is 0.521. The first kappa shape index (κ1) is 11.8. The molecule has 19 heavy (non-hydrogen) atoms. The van der Waals surface area contributed by atoms with E-state index in [0.717, 1.165) is 21.5 Å². The van der Waals surface area contributed by atoms with Crippen LogP contribution in [0.2, 0.25) is 0 Å². The number of fused-ring (bicyclic) bond motifs is 3. The van der Waals surface area contributed by atoms with Crippen molar-refractivity contribution >= 4 is 21.9 Å². The van der Waals surface area contributed by atoms with Crippen LogP contribution in [0, 0.1) is 5.21 Å². The van der Waals surface area contributed by atoms with E-state index < -0.39 is 0 Å². The molecule has 1 aromatic carbocycles. The second-order valence-electron chi connectivity index (χ2n) is 4.81. The third kappa shape index (κ3) is 1.62. The molecular weight excluding hydrogens is 242 g/mol. The van der Waals surface area contributed by atoms with Gasteiger partial charge in [-0.3, -0.25) is 0 Å². The Morgan fingerprint density at radius 2 is 2.05 bits per heavy atom. The normalized spacial score (nSPS) is 11.6. The third-order valence-corrected chi connectivity index (χ3v) is 3.22. The lowest BCUT2D eigenvalue weighted by Gasteiger charge is -2.09. The topological polar surface area (TPSA) is 54.0 Å². The zero-order valence-corrected chi connectivity index (χ0v) is 11.1. The average Bonchev–Trinajstić information content (AvgIpc) is 2.77. The van der Waals surface area contributed by atoms with Crippen LogP contribution >= 0.6 is 0 Å². The average molecular weight is 257 g/mol. The third-order valence-electron chi connectivity index (χ3n) is 3.22. The first-order valence-electron chi connectivity index (χ1n) is 6.21. The Kier molecular flexibility index (Phi) is 2.55. The Bertz CT molecular complexity index is 762. The van der Waals surface area contributed by atoms with Crippen molar-refractivity contribution in [3.05, 3.63) is 41.5 Å². The minimum absolute atomic E-state index is 0.214. The number of para-hydroxylation sites is 1. The molecule has 0 fully saturated rings. The number of benzene rings is 1. The molecule has 98 valence electrons. The summed E-state index contributed by atoms with van der Waals surface area (Å²) in [4.78, 5) is 9.96. The first-order chi connectivity index (χ1) is 9.13. The predicted octanol–water partition coefficient (Wildman–Crippen LogP) is 2.00. The van der Waals surface area contributed by atoms with Gasteiger partial charge < -0.3 is 10.0 Å². The van der Waals surface area contributed by atoms with Gasteiger partial charge in [0.15, 0.2) is 5.52 Å². The van der Waals surface area contributed by atoms with E-state index in [9.17, 15) is 5.21 Å². The lowest BCUT2D eigenvalue weighted by molar-refractivity contribution is -0.575. The Labute approximate surface area is 110 Å². The molecule has 0 bridgehead atoms. The van der Waals surface area contributed by atoms with E-state index in [-0.39, 0.29) is 5.92 Å². The van der Waals surface area contributed by atoms with Crippen molar-refractivity contribution < 1.29 is 9.57 Å². The van der Waals surface area contributed by atoms with Crippen LogP contribution in [0.25, 0.3) is 21.9 Å². The molecule has 2 aromatic heterocycles. The van der Waals surface area contributed by atoms with Gasteiger partial charge in [-0.15, -0.1) is 0 Å². The van der Waals surface area contributed by atoms with Crippen LogP contribution in [0.3, 0.4) is 0 Å². The van der Waals surface area contributed by atoms with Crippen LogP contribution < -0.4 is 9.57 Å². The number of hydrogen-bond donors (Lipinski definition) is 0. The van der Waals surface area contributed by atoms with Crippen molar-refractivity contribution in [2.75, 3.05) is 7.11 Å². The van der Waals surface area contributed by atoms with Crippen LogP contribution in [0.4, 0.5) is 0 Å². The van der Waals surface area contributed by atoms with Crippen molar-refractivity contribution in [2.24, 2.45) is 0 Å². The van der Waals surface area contributed by atoms with Crippen molar-refractivity contribution in [3.8, 4) is 0 Å². The summed E-state index contributed by atoms with van der Waals surface area (Å²) in [6.07, 6.45) is 1.50. The maximum absolute atomic E-state index is 12.0. The molecule has 0 unspecified atom stereocenters. The largest absolute Gasteiger partial charge is 0.618 e. The second-order valence-corrected chi connectivity index (χ2v) is 4.81. The van der Waals surface area contributed by atoms with E-state index in [2.05, 4.69) is 4.98 Å². The fourth-order valence-corrected chi connectivity index (χ4v) is 2.37. The minimum Gasteiger partial charge on any atom is -0.618 e. The van der Waals surface area contributed by atoms with Gasteiger partial charge in [-0.1, -0.05) is 26.0 Å². The van der Waals surface area contributed by atoms with Gasteiger partial charge in [0.25, 0.3) is 0 Å². The molecule has 0 saturated carbocycles. The van der Waals surface area contributed by atoms with Gasteiger partial charge in [0.1, 0.15) is 18.5 Å². The van der Waals surface area contributed by atoms with Crippen LogP contribution in [0.5, 0.6) is 0 Å². The monoisotopic (exact) mass is 257 g/mol. The number of hydrogen-bond acceptors (Lipinski definition) is 3. The second kappa shape index (κ2) is 4.12. The SMILES string of the molecule is COn1c(C(C)C)nc2c[n+]([O-])c3ccccc3c21. The number of imidazole rings is 1. The molecule has 0 spiro atoms. The summed E-state index contributed by atoms with van der Waals surface area (Å²) >= 11 is 0. The smallest absolute Gasteiger partial charge is 0.226 e. The fourth-order valence-electron chi connectivity index (χ4n) is 2.37. The summed E-state index contributed by atoms with van der Waals surface area (Å²) in [5.41, 5.74) is 2.11. The van der Waals surface area contributed by atoms with Gasteiger partial charge in [-0.2, -0.15) is 9.46 Å². The van der Waals surface area contributed by atoms with E-state index in [1.165, 1.54) is 6.20 Å². The molecule has 0 radical (unpaired) electrons. The molecule has 3 rings (SSSR count). The molecule has 3 aromatic rings. The lowest BCUT2D eigenvalue weighted by atomic mass is 10.2. The molecule has 0 aliphatic rings. The van der Waals surface area contributed by atoms with Gasteiger partial charge >= 0.3 is 0 Å². The minimum atomic E-state index is 0.214.